The molecule has 0 spiro atoms. The summed E-state index contributed by atoms with van der Waals surface area (Å²) in [6, 6.07) is 7.60. The van der Waals surface area contributed by atoms with Gasteiger partial charge in [0, 0.05) is 11.9 Å². The van der Waals surface area contributed by atoms with Gasteiger partial charge in [-0.3, -0.25) is 9.19 Å². The fourth-order valence-electron chi connectivity index (χ4n) is 1.58. The Kier molecular flexibility index (Phi) is 3.72. The first-order chi connectivity index (χ1) is 8.58. The molecule has 0 fully saturated rings. The Balaban J connectivity index is 2.28. The minimum absolute atomic E-state index is 0.236. The lowest BCUT2D eigenvalue weighted by atomic mass is 10.2. The van der Waals surface area contributed by atoms with Gasteiger partial charge in [0.25, 0.3) is 0 Å². The third-order valence-corrected chi connectivity index (χ3v) is 3.99. The summed E-state index contributed by atoms with van der Waals surface area (Å²) < 4.78 is 25.3. The zero-order valence-electron chi connectivity index (χ0n) is 9.89. The molecule has 3 nitrogen and oxygen atoms in total. The summed E-state index contributed by atoms with van der Waals surface area (Å²) in [6.45, 7) is 1.90. The van der Waals surface area contributed by atoms with Crippen LogP contribution in [0.3, 0.4) is 0 Å². The third kappa shape index (κ3) is 2.73. The van der Waals surface area contributed by atoms with Crippen molar-refractivity contribution in [3.8, 4) is 0 Å². The molecule has 5 heteroatoms. The largest absolute Gasteiger partial charge is 0.398 e. The Morgan fingerprint density at radius 3 is 2.89 bits per heavy atom. The fraction of sp³-hybridized carbons (Fsp3) is 0.154. The molecule has 2 N–H and O–H groups in total. The number of nitrogens with zero attached hydrogens (tertiary/aromatic N) is 1. The second-order valence-corrected chi connectivity index (χ2v) is 5.36. The molecule has 0 amide bonds. The summed E-state index contributed by atoms with van der Waals surface area (Å²) in [5.41, 5.74) is 7.73. The van der Waals surface area contributed by atoms with Crippen molar-refractivity contribution in [3.63, 3.8) is 0 Å². The van der Waals surface area contributed by atoms with Crippen LogP contribution in [0.1, 0.15) is 11.3 Å². The zero-order chi connectivity index (χ0) is 13.1. The van der Waals surface area contributed by atoms with E-state index in [0.717, 1.165) is 11.3 Å². The summed E-state index contributed by atoms with van der Waals surface area (Å²) in [6.07, 6.45) is 1.65. The second-order valence-electron chi connectivity index (χ2n) is 3.94. The van der Waals surface area contributed by atoms with Gasteiger partial charge in [-0.15, -0.1) is 0 Å². The topological polar surface area (TPSA) is 56.0 Å². The van der Waals surface area contributed by atoms with Gasteiger partial charge in [-0.25, -0.2) is 4.39 Å². The number of hydrogen-bond acceptors (Lipinski definition) is 3. The SMILES string of the molecule is Cc1cccnc1CS(=O)c1cc(F)ccc1N. The van der Waals surface area contributed by atoms with Gasteiger partial charge in [-0.05, 0) is 36.8 Å². The summed E-state index contributed by atoms with van der Waals surface area (Å²) in [7, 11) is -1.39. The van der Waals surface area contributed by atoms with E-state index in [9.17, 15) is 8.60 Å². The Bertz CT molecular complexity index is 601. The van der Waals surface area contributed by atoms with E-state index in [0.29, 0.717) is 10.6 Å². The normalized spacial score (nSPS) is 12.3. The van der Waals surface area contributed by atoms with Crippen molar-refractivity contribution in [1.82, 2.24) is 4.98 Å². The number of nitrogens with two attached hydrogens (primary N) is 1. The van der Waals surface area contributed by atoms with E-state index >= 15 is 0 Å². The smallest absolute Gasteiger partial charge is 0.124 e. The predicted octanol–water partition coefficient (Wildman–Crippen LogP) is 2.42. The molecule has 0 radical (unpaired) electrons. The number of aryl methyl sites for hydroxylation is 1. The van der Waals surface area contributed by atoms with Gasteiger partial charge in [0.05, 0.1) is 27.1 Å². The summed E-state index contributed by atoms with van der Waals surface area (Å²) in [4.78, 5) is 4.49. The van der Waals surface area contributed by atoms with Crippen LogP contribution in [0.25, 0.3) is 0 Å². The maximum atomic E-state index is 13.1. The van der Waals surface area contributed by atoms with Gasteiger partial charge in [-0.1, -0.05) is 6.07 Å². The number of anilines is 1. The average Bonchev–Trinajstić information content (AvgIpc) is 2.35. The highest BCUT2D eigenvalue weighted by molar-refractivity contribution is 7.84. The molecular formula is C13H13FN2OS. The maximum Gasteiger partial charge on any atom is 0.124 e. The number of pyridine rings is 1. The molecule has 1 aromatic heterocycles. The number of hydrogen-bond donors (Lipinski definition) is 1. The number of rotatable bonds is 3. The highest BCUT2D eigenvalue weighted by Gasteiger charge is 2.12. The van der Waals surface area contributed by atoms with Gasteiger partial charge in [-0.2, -0.15) is 0 Å². The standard InChI is InChI=1S/C13H13FN2OS/c1-9-3-2-6-16-12(9)8-18(17)13-7-10(14)4-5-11(13)15/h2-7H,8,15H2,1H3. The summed E-state index contributed by atoms with van der Waals surface area (Å²) in [5.74, 6) is -0.203. The maximum absolute atomic E-state index is 13.1. The quantitative estimate of drug-likeness (QED) is 0.866. The fourth-order valence-corrected chi connectivity index (χ4v) is 2.86. The molecule has 1 atom stereocenters. The van der Waals surface area contributed by atoms with E-state index in [1.165, 1.54) is 18.2 Å². The number of nitrogen functional groups attached to an aromatic ring is 1. The van der Waals surface area contributed by atoms with Gasteiger partial charge in [0.2, 0.25) is 0 Å². The van der Waals surface area contributed by atoms with E-state index in [2.05, 4.69) is 4.98 Å². The first-order valence-electron chi connectivity index (χ1n) is 5.42. The minimum Gasteiger partial charge on any atom is -0.398 e. The van der Waals surface area contributed by atoms with E-state index in [-0.39, 0.29) is 5.75 Å². The molecule has 0 bridgehead atoms. The van der Waals surface area contributed by atoms with Crippen LogP contribution in [0.15, 0.2) is 41.4 Å². The Morgan fingerprint density at radius 1 is 1.39 bits per heavy atom. The minimum atomic E-state index is -1.39. The van der Waals surface area contributed by atoms with Crippen molar-refractivity contribution in [2.45, 2.75) is 17.6 Å². The molecule has 0 saturated carbocycles. The lowest BCUT2D eigenvalue weighted by molar-refractivity contribution is 0.623. The van der Waals surface area contributed by atoms with Crippen LogP contribution in [0.2, 0.25) is 0 Å². The molecule has 2 aromatic rings. The number of aromatic nitrogens is 1. The van der Waals surface area contributed by atoms with Gasteiger partial charge in [0.15, 0.2) is 0 Å². The van der Waals surface area contributed by atoms with Gasteiger partial charge in [0.1, 0.15) is 5.82 Å². The van der Waals surface area contributed by atoms with Crippen molar-refractivity contribution in [1.29, 1.82) is 0 Å². The molecule has 0 saturated heterocycles. The Morgan fingerprint density at radius 2 is 2.17 bits per heavy atom. The van der Waals surface area contributed by atoms with Gasteiger partial charge < -0.3 is 5.73 Å². The van der Waals surface area contributed by atoms with E-state index in [1.807, 2.05) is 19.1 Å². The van der Waals surface area contributed by atoms with Crippen LogP contribution in [0, 0.1) is 12.7 Å². The van der Waals surface area contributed by atoms with E-state index in [4.69, 9.17) is 5.73 Å². The van der Waals surface area contributed by atoms with Crippen LogP contribution >= 0.6 is 0 Å². The Labute approximate surface area is 107 Å². The number of benzene rings is 1. The number of halogens is 1. The first kappa shape index (κ1) is 12.7. The van der Waals surface area contributed by atoms with Crippen LogP contribution in [0.5, 0.6) is 0 Å². The molecule has 0 aliphatic carbocycles. The molecule has 0 aliphatic rings. The predicted molar refractivity (Wildman–Crippen MR) is 69.9 cm³/mol. The third-order valence-electron chi connectivity index (χ3n) is 2.61. The molecule has 1 unspecified atom stereocenters. The average molecular weight is 264 g/mol. The van der Waals surface area contributed by atoms with Crippen molar-refractivity contribution < 1.29 is 8.60 Å². The molecule has 1 heterocycles. The van der Waals surface area contributed by atoms with Crippen molar-refractivity contribution in [2.75, 3.05) is 5.73 Å². The molecule has 94 valence electrons. The van der Waals surface area contributed by atoms with Gasteiger partial charge >= 0.3 is 0 Å². The molecule has 2 rings (SSSR count). The molecular weight excluding hydrogens is 251 g/mol. The lowest BCUT2D eigenvalue weighted by Gasteiger charge is -2.07. The zero-order valence-corrected chi connectivity index (χ0v) is 10.7. The molecule has 1 aromatic carbocycles. The summed E-state index contributed by atoms with van der Waals surface area (Å²) >= 11 is 0. The lowest BCUT2D eigenvalue weighted by Crippen LogP contribution is -2.04. The van der Waals surface area contributed by atoms with E-state index in [1.54, 1.807) is 6.20 Å². The second kappa shape index (κ2) is 5.27. The Hall–Kier alpha value is -1.75. The van der Waals surface area contributed by atoms with Crippen molar-refractivity contribution in [2.24, 2.45) is 0 Å². The first-order valence-corrected chi connectivity index (χ1v) is 6.73. The van der Waals surface area contributed by atoms with Crippen molar-refractivity contribution >= 4 is 16.5 Å². The monoisotopic (exact) mass is 264 g/mol. The van der Waals surface area contributed by atoms with Crippen LogP contribution in [-0.2, 0) is 16.6 Å². The summed E-state index contributed by atoms with van der Waals surface area (Å²) in [5, 5.41) is 0. The molecule has 0 aliphatic heterocycles. The van der Waals surface area contributed by atoms with Crippen molar-refractivity contribution in [3.05, 3.63) is 53.6 Å². The van der Waals surface area contributed by atoms with Crippen LogP contribution in [-0.4, -0.2) is 9.19 Å². The molecule has 18 heavy (non-hydrogen) atoms. The van der Waals surface area contributed by atoms with E-state index < -0.39 is 16.6 Å². The highest BCUT2D eigenvalue weighted by atomic mass is 32.2. The van der Waals surface area contributed by atoms with Crippen LogP contribution < -0.4 is 5.73 Å². The van der Waals surface area contributed by atoms with Crippen LogP contribution in [0.4, 0.5) is 10.1 Å². The highest BCUT2D eigenvalue weighted by Crippen LogP contribution is 2.20.